The van der Waals surface area contributed by atoms with Gasteiger partial charge in [-0.05, 0) is 110 Å². The maximum Gasteiger partial charge on any atom is 0.425 e. The highest BCUT2D eigenvalue weighted by atomic mass is 16.6. The quantitative estimate of drug-likeness (QED) is 0.188. The topological polar surface area (TPSA) is 174 Å². The number of anilines is 3. The molecule has 2 atom stereocenters. The van der Waals surface area contributed by atoms with Crippen molar-refractivity contribution >= 4 is 52.2 Å². The summed E-state index contributed by atoms with van der Waals surface area (Å²) in [5.74, 6) is -0.494. The minimum Gasteiger partial charge on any atom is -0.464 e. The molecule has 53 heavy (non-hydrogen) atoms. The van der Waals surface area contributed by atoms with Crippen LogP contribution in [-0.2, 0) is 26.2 Å². The number of carboxylic acid groups (broad SMARTS) is 1. The SMILES string of the molecule is Cc1cc2ccc1[C@@H](C)COC(=O)Nc1ccc(C3(C#N)CC3)c(c1)CN(C)C(=O)[C@@H]2Nc1ccc2c(N(C(=O)O)C(=O)OC(C)(C)C)nccc2c1. The van der Waals surface area contributed by atoms with Gasteiger partial charge in [0, 0.05) is 42.5 Å². The smallest absolute Gasteiger partial charge is 0.425 e. The largest absolute Gasteiger partial charge is 0.464 e. The van der Waals surface area contributed by atoms with Crippen molar-refractivity contribution in [3.63, 3.8) is 0 Å². The van der Waals surface area contributed by atoms with Crippen LogP contribution in [0.25, 0.3) is 10.8 Å². The fraction of sp³-hybridized carbons (Fsp3) is 0.350. The van der Waals surface area contributed by atoms with Gasteiger partial charge in [-0.25, -0.2) is 19.4 Å². The van der Waals surface area contributed by atoms with Crippen molar-refractivity contribution in [2.45, 2.75) is 77.0 Å². The summed E-state index contributed by atoms with van der Waals surface area (Å²) in [5.41, 5.74) is 3.61. The van der Waals surface area contributed by atoms with Crippen LogP contribution in [0, 0.1) is 18.3 Å². The van der Waals surface area contributed by atoms with Crippen LogP contribution in [-0.4, -0.2) is 58.4 Å². The van der Waals surface area contributed by atoms with E-state index < -0.39 is 35.3 Å². The summed E-state index contributed by atoms with van der Waals surface area (Å²) in [6.45, 7) is 9.13. The average molecular weight is 719 g/mol. The Bertz CT molecular complexity index is 2170. The number of rotatable bonds is 4. The molecule has 0 spiro atoms. The van der Waals surface area contributed by atoms with Gasteiger partial charge >= 0.3 is 18.3 Å². The monoisotopic (exact) mass is 718 g/mol. The molecule has 3 N–H and O–H groups in total. The third-order valence-corrected chi connectivity index (χ3v) is 9.52. The van der Waals surface area contributed by atoms with Gasteiger partial charge in [0.05, 0.1) is 18.1 Å². The predicted octanol–water partition coefficient (Wildman–Crippen LogP) is 8.00. The van der Waals surface area contributed by atoms with Crippen molar-refractivity contribution in [3.8, 4) is 6.07 Å². The molecule has 2 aliphatic heterocycles. The molecular weight excluding hydrogens is 676 g/mol. The maximum absolute atomic E-state index is 14.5. The number of hydrogen-bond acceptors (Lipinski definition) is 9. The summed E-state index contributed by atoms with van der Waals surface area (Å²) in [5, 5.41) is 27.2. The van der Waals surface area contributed by atoms with Crippen LogP contribution >= 0.6 is 0 Å². The molecule has 1 saturated carbocycles. The second-order valence-electron chi connectivity index (χ2n) is 14.7. The third-order valence-electron chi connectivity index (χ3n) is 9.52. The van der Waals surface area contributed by atoms with Crippen LogP contribution in [0.15, 0.2) is 66.9 Å². The van der Waals surface area contributed by atoms with Crippen molar-refractivity contribution in [2.24, 2.45) is 0 Å². The number of nitrogens with one attached hydrogen (secondary N) is 2. The first-order chi connectivity index (χ1) is 25.1. The molecule has 3 aromatic carbocycles. The standard InChI is InChI=1S/C40H42N6O7/c1-23-17-26-7-10-30(23)24(2)21-52-36(48)44-29-9-12-32(40(22-41)14-15-40)27(19-29)20-45(6)35(47)33(26)43-28-8-11-31-25(18-28)13-16-42-34(31)46(37(49)50)38(51)53-39(3,4)5/h7-13,16-19,24,33,43H,14-15,20-21H2,1-6H3,(H,44,48)(H,49,50)/t24-,33+/m0/s1. The van der Waals surface area contributed by atoms with E-state index in [1.165, 1.54) is 6.20 Å². The fourth-order valence-corrected chi connectivity index (χ4v) is 6.71. The van der Waals surface area contributed by atoms with E-state index >= 15 is 0 Å². The summed E-state index contributed by atoms with van der Waals surface area (Å²) in [6, 6.07) is 19.5. The van der Waals surface area contributed by atoms with Gasteiger partial charge in [0.2, 0.25) is 5.91 Å². The molecule has 13 heteroatoms. The Kier molecular flexibility index (Phi) is 9.75. The number of amides is 4. The molecule has 1 aromatic heterocycles. The number of fused-ring (bicyclic) bond motifs is 10. The predicted molar refractivity (Wildman–Crippen MR) is 199 cm³/mol. The first-order valence-electron chi connectivity index (χ1n) is 17.3. The van der Waals surface area contributed by atoms with Gasteiger partial charge < -0.3 is 24.8 Å². The molecule has 7 rings (SSSR count). The lowest BCUT2D eigenvalue weighted by molar-refractivity contribution is -0.131. The van der Waals surface area contributed by atoms with Gasteiger partial charge in [-0.1, -0.05) is 31.2 Å². The molecular formula is C40H42N6O7. The second kappa shape index (κ2) is 14.1. The Balaban J connectivity index is 1.39. The number of aryl methyl sites for hydroxylation is 1. The van der Waals surface area contributed by atoms with E-state index in [1.54, 1.807) is 69.1 Å². The van der Waals surface area contributed by atoms with E-state index in [4.69, 9.17) is 9.47 Å². The van der Waals surface area contributed by atoms with Gasteiger partial charge in [-0.3, -0.25) is 10.1 Å². The van der Waals surface area contributed by atoms with E-state index in [0.29, 0.717) is 45.5 Å². The molecule has 3 aliphatic rings. The lowest BCUT2D eigenvalue weighted by Crippen LogP contribution is -2.40. The Morgan fingerprint density at radius 2 is 1.87 bits per heavy atom. The number of pyridine rings is 1. The van der Waals surface area contributed by atoms with Crippen LogP contribution in [0.2, 0.25) is 0 Å². The number of nitrogens with zero attached hydrogens (tertiary/aromatic N) is 4. The zero-order chi connectivity index (χ0) is 38.2. The first kappa shape index (κ1) is 36.6. The highest BCUT2D eigenvalue weighted by Crippen LogP contribution is 2.49. The molecule has 0 unspecified atom stereocenters. The zero-order valence-electron chi connectivity index (χ0n) is 30.5. The normalized spacial score (nSPS) is 18.4. The summed E-state index contributed by atoms with van der Waals surface area (Å²) >= 11 is 0. The van der Waals surface area contributed by atoms with E-state index in [2.05, 4.69) is 21.7 Å². The minimum absolute atomic E-state index is 0.111. The lowest BCUT2D eigenvalue weighted by atomic mass is 9.91. The van der Waals surface area contributed by atoms with Crippen molar-refractivity contribution in [1.82, 2.24) is 9.88 Å². The number of carbonyl (C=O) groups excluding carboxylic acids is 3. The van der Waals surface area contributed by atoms with Crippen molar-refractivity contribution in [3.05, 3.63) is 94.7 Å². The van der Waals surface area contributed by atoms with Crippen LogP contribution in [0.5, 0.6) is 0 Å². The lowest BCUT2D eigenvalue weighted by Gasteiger charge is -2.28. The summed E-state index contributed by atoms with van der Waals surface area (Å²) in [6.07, 6.45) is -0.396. The molecule has 4 aromatic rings. The number of ether oxygens (including phenoxy) is 2. The van der Waals surface area contributed by atoms with Crippen LogP contribution in [0.1, 0.15) is 80.3 Å². The minimum atomic E-state index is -1.54. The van der Waals surface area contributed by atoms with E-state index in [1.807, 2.05) is 38.1 Å². The van der Waals surface area contributed by atoms with Gasteiger partial charge in [0.25, 0.3) is 0 Å². The third kappa shape index (κ3) is 7.72. The van der Waals surface area contributed by atoms with Gasteiger partial charge in [0.15, 0.2) is 5.82 Å². The number of likely N-dealkylation sites (N-methyl/N-ethyl adjacent to an activating group) is 1. The van der Waals surface area contributed by atoms with E-state index in [0.717, 1.165) is 22.3 Å². The van der Waals surface area contributed by atoms with Crippen molar-refractivity contribution < 1.29 is 33.8 Å². The highest BCUT2D eigenvalue weighted by Gasteiger charge is 2.46. The van der Waals surface area contributed by atoms with Crippen molar-refractivity contribution in [2.75, 3.05) is 29.2 Å². The number of hydrogen-bond donors (Lipinski definition) is 3. The summed E-state index contributed by atoms with van der Waals surface area (Å²) < 4.78 is 10.9. The van der Waals surface area contributed by atoms with Gasteiger partial charge in [-0.15, -0.1) is 0 Å². The summed E-state index contributed by atoms with van der Waals surface area (Å²) in [7, 11) is 1.70. The number of imide groups is 1. The number of benzene rings is 3. The molecule has 0 radical (unpaired) electrons. The molecule has 1 aliphatic carbocycles. The Morgan fingerprint density at radius 1 is 1.11 bits per heavy atom. The summed E-state index contributed by atoms with van der Waals surface area (Å²) in [4.78, 5) is 58.8. The molecule has 1 fully saturated rings. The van der Waals surface area contributed by atoms with E-state index in [9.17, 15) is 29.5 Å². The fourth-order valence-electron chi connectivity index (χ4n) is 6.71. The maximum atomic E-state index is 14.5. The molecule has 3 heterocycles. The second-order valence-corrected chi connectivity index (χ2v) is 14.7. The van der Waals surface area contributed by atoms with Crippen LogP contribution in [0.4, 0.5) is 31.6 Å². The van der Waals surface area contributed by atoms with E-state index in [-0.39, 0.29) is 30.8 Å². The number of nitriles is 1. The van der Waals surface area contributed by atoms with Crippen LogP contribution in [0.3, 0.4) is 0 Å². The van der Waals surface area contributed by atoms with Crippen LogP contribution < -0.4 is 15.5 Å². The van der Waals surface area contributed by atoms with Gasteiger partial charge in [0.1, 0.15) is 11.6 Å². The number of carbonyl (C=O) groups is 4. The van der Waals surface area contributed by atoms with Gasteiger partial charge in [-0.2, -0.15) is 10.2 Å². The Hall–Kier alpha value is -6.16. The Morgan fingerprint density at radius 3 is 2.53 bits per heavy atom. The molecule has 0 saturated heterocycles. The molecule has 4 bridgehead atoms. The van der Waals surface area contributed by atoms with Crippen molar-refractivity contribution in [1.29, 1.82) is 5.26 Å². The average Bonchev–Trinajstić information content (AvgIpc) is 3.89. The molecule has 274 valence electrons. The highest BCUT2D eigenvalue weighted by molar-refractivity contribution is 6.13. The molecule has 13 nitrogen and oxygen atoms in total. The Labute approximate surface area is 307 Å². The zero-order valence-corrected chi connectivity index (χ0v) is 30.5. The molecule has 4 amide bonds. The first-order valence-corrected chi connectivity index (χ1v) is 17.3. The number of aromatic nitrogens is 1.